The maximum absolute atomic E-state index is 3.96. The average molecular weight is 128 g/mol. The summed E-state index contributed by atoms with van der Waals surface area (Å²) in [6.45, 7) is 6.22. The molecule has 1 heteroatoms. The number of hydrogen-bond acceptors (Lipinski definition) is 1. The van der Waals surface area contributed by atoms with Gasteiger partial charge in [0, 0.05) is 0 Å². The van der Waals surface area contributed by atoms with Gasteiger partial charge in [0.25, 0.3) is 0 Å². The van der Waals surface area contributed by atoms with Crippen LogP contribution < -0.4 is 0 Å². The molecule has 0 aromatic heterocycles. The Labute approximate surface area is 55.4 Å². The van der Waals surface area contributed by atoms with Crippen LogP contribution in [-0.2, 0) is 0 Å². The number of thioether (sulfide) groups is 1. The lowest BCUT2D eigenvalue weighted by molar-refractivity contribution is 0.618. The first kappa shape index (κ1) is 6.21. The van der Waals surface area contributed by atoms with Crippen molar-refractivity contribution < 1.29 is 0 Å². The van der Waals surface area contributed by atoms with E-state index in [2.05, 4.69) is 13.5 Å². The second-order valence-corrected chi connectivity index (χ2v) is 3.58. The van der Waals surface area contributed by atoms with Crippen molar-refractivity contribution in [2.24, 2.45) is 5.92 Å². The summed E-state index contributed by atoms with van der Waals surface area (Å²) in [7, 11) is 0. The fraction of sp³-hybridized carbons (Fsp3) is 0.714. The molecule has 0 spiro atoms. The molecule has 1 saturated heterocycles. The third kappa shape index (κ3) is 1.28. The van der Waals surface area contributed by atoms with Crippen molar-refractivity contribution in [3.8, 4) is 0 Å². The molecular formula is C7H12S. The van der Waals surface area contributed by atoms with Gasteiger partial charge in [-0.05, 0) is 29.4 Å². The Morgan fingerprint density at radius 1 is 1.75 bits per heavy atom. The van der Waals surface area contributed by atoms with Gasteiger partial charge in [-0.25, -0.2) is 0 Å². The van der Waals surface area contributed by atoms with Gasteiger partial charge in [-0.1, -0.05) is 13.5 Å². The monoisotopic (exact) mass is 128 g/mol. The van der Waals surface area contributed by atoms with E-state index < -0.39 is 0 Å². The van der Waals surface area contributed by atoms with Crippen molar-refractivity contribution in [1.82, 2.24) is 0 Å². The van der Waals surface area contributed by atoms with Crippen LogP contribution in [0.15, 0.2) is 11.5 Å². The molecule has 0 saturated carbocycles. The van der Waals surface area contributed by atoms with Gasteiger partial charge in [0.1, 0.15) is 0 Å². The van der Waals surface area contributed by atoms with Crippen LogP contribution in [0.3, 0.4) is 0 Å². The standard InChI is InChI=1S/C7H12S/c1-6-4-3-5-8-7(6)2/h6H,2-5H2,1H3. The van der Waals surface area contributed by atoms with E-state index in [1.165, 1.54) is 23.5 Å². The van der Waals surface area contributed by atoms with Crippen molar-refractivity contribution in [2.75, 3.05) is 5.75 Å². The first-order valence-electron chi connectivity index (χ1n) is 3.12. The van der Waals surface area contributed by atoms with Crippen LogP contribution in [0.4, 0.5) is 0 Å². The lowest BCUT2D eigenvalue weighted by Gasteiger charge is -2.18. The highest BCUT2D eigenvalue weighted by Gasteiger charge is 2.11. The molecule has 8 heavy (non-hydrogen) atoms. The zero-order chi connectivity index (χ0) is 5.98. The topological polar surface area (TPSA) is 0 Å². The van der Waals surface area contributed by atoms with Gasteiger partial charge in [0.2, 0.25) is 0 Å². The Morgan fingerprint density at radius 2 is 2.50 bits per heavy atom. The van der Waals surface area contributed by atoms with Crippen molar-refractivity contribution in [2.45, 2.75) is 19.8 Å². The summed E-state index contributed by atoms with van der Waals surface area (Å²) in [6.07, 6.45) is 2.73. The lowest BCUT2D eigenvalue weighted by Crippen LogP contribution is -2.02. The van der Waals surface area contributed by atoms with Gasteiger partial charge in [-0.2, -0.15) is 0 Å². The quantitative estimate of drug-likeness (QED) is 0.483. The Kier molecular flexibility index (Phi) is 2.01. The second-order valence-electron chi connectivity index (χ2n) is 2.36. The smallest absolute Gasteiger partial charge is 0.00231 e. The third-order valence-corrected chi connectivity index (χ3v) is 2.88. The molecule has 1 atom stereocenters. The summed E-state index contributed by atoms with van der Waals surface area (Å²) >= 11 is 1.93. The Bertz CT molecular complexity index is 96.6. The summed E-state index contributed by atoms with van der Waals surface area (Å²) in [5, 5.41) is 0. The zero-order valence-electron chi connectivity index (χ0n) is 5.31. The Morgan fingerprint density at radius 3 is 2.88 bits per heavy atom. The molecule has 0 amide bonds. The lowest BCUT2D eigenvalue weighted by atomic mass is 10.1. The summed E-state index contributed by atoms with van der Waals surface area (Å²) in [5.41, 5.74) is 0. The van der Waals surface area contributed by atoms with E-state index in [0.29, 0.717) is 0 Å². The van der Waals surface area contributed by atoms with E-state index in [0.717, 1.165) is 5.92 Å². The van der Waals surface area contributed by atoms with Crippen LogP contribution in [-0.4, -0.2) is 5.75 Å². The van der Waals surface area contributed by atoms with Crippen LogP contribution in [0.1, 0.15) is 19.8 Å². The third-order valence-electron chi connectivity index (χ3n) is 1.62. The molecule has 1 unspecified atom stereocenters. The first-order chi connectivity index (χ1) is 3.80. The number of hydrogen-bond donors (Lipinski definition) is 0. The van der Waals surface area contributed by atoms with Crippen LogP contribution >= 0.6 is 11.8 Å². The molecule has 1 fully saturated rings. The van der Waals surface area contributed by atoms with Gasteiger partial charge in [-0.15, -0.1) is 11.8 Å². The largest absolute Gasteiger partial charge is 0.131 e. The molecule has 0 radical (unpaired) electrons. The van der Waals surface area contributed by atoms with E-state index in [1.807, 2.05) is 11.8 Å². The van der Waals surface area contributed by atoms with Crippen molar-refractivity contribution in [3.05, 3.63) is 11.5 Å². The maximum Gasteiger partial charge on any atom is -0.00231 e. The second kappa shape index (κ2) is 2.58. The molecule has 1 aliphatic heterocycles. The normalized spacial score (nSPS) is 30.6. The van der Waals surface area contributed by atoms with Gasteiger partial charge in [0.15, 0.2) is 0 Å². The molecule has 1 heterocycles. The van der Waals surface area contributed by atoms with E-state index >= 15 is 0 Å². The van der Waals surface area contributed by atoms with Gasteiger partial charge in [0.05, 0.1) is 0 Å². The molecule has 1 rings (SSSR count). The molecule has 0 bridgehead atoms. The molecule has 0 aromatic carbocycles. The van der Waals surface area contributed by atoms with Crippen LogP contribution in [0.25, 0.3) is 0 Å². The molecule has 1 aliphatic rings. The Hall–Kier alpha value is 0.0900. The van der Waals surface area contributed by atoms with Gasteiger partial charge in [-0.3, -0.25) is 0 Å². The average Bonchev–Trinajstić information content (AvgIpc) is 1.77. The number of rotatable bonds is 0. The fourth-order valence-electron chi connectivity index (χ4n) is 0.896. The van der Waals surface area contributed by atoms with E-state index in [9.17, 15) is 0 Å². The molecule has 0 nitrogen and oxygen atoms in total. The minimum absolute atomic E-state index is 0.772. The highest BCUT2D eigenvalue weighted by atomic mass is 32.2. The van der Waals surface area contributed by atoms with Crippen molar-refractivity contribution in [1.29, 1.82) is 0 Å². The highest BCUT2D eigenvalue weighted by Crippen LogP contribution is 2.31. The maximum atomic E-state index is 3.96. The zero-order valence-corrected chi connectivity index (χ0v) is 6.13. The number of allylic oxidation sites excluding steroid dienone is 1. The van der Waals surface area contributed by atoms with Crippen LogP contribution in [0.5, 0.6) is 0 Å². The molecule has 0 N–H and O–H groups in total. The first-order valence-corrected chi connectivity index (χ1v) is 4.11. The molecule has 0 aliphatic carbocycles. The Balaban J connectivity index is 2.39. The summed E-state index contributed by atoms with van der Waals surface area (Å²) in [5.74, 6) is 2.07. The van der Waals surface area contributed by atoms with E-state index in [1.54, 1.807) is 0 Å². The summed E-state index contributed by atoms with van der Waals surface area (Å²) < 4.78 is 0. The van der Waals surface area contributed by atoms with E-state index in [-0.39, 0.29) is 0 Å². The molecular weight excluding hydrogens is 116 g/mol. The summed E-state index contributed by atoms with van der Waals surface area (Å²) in [4.78, 5) is 1.39. The molecule has 0 aromatic rings. The van der Waals surface area contributed by atoms with Gasteiger partial charge < -0.3 is 0 Å². The SMILES string of the molecule is C=C1SCCCC1C. The highest BCUT2D eigenvalue weighted by molar-refractivity contribution is 8.03. The van der Waals surface area contributed by atoms with Crippen LogP contribution in [0.2, 0.25) is 0 Å². The summed E-state index contributed by atoms with van der Waals surface area (Å²) in [6, 6.07) is 0. The predicted molar refractivity (Wildman–Crippen MR) is 40.0 cm³/mol. The minimum atomic E-state index is 0.772. The minimum Gasteiger partial charge on any atom is -0.131 e. The van der Waals surface area contributed by atoms with E-state index in [4.69, 9.17) is 0 Å². The fourth-order valence-corrected chi connectivity index (χ4v) is 1.87. The van der Waals surface area contributed by atoms with Gasteiger partial charge >= 0.3 is 0 Å². The predicted octanol–water partition coefficient (Wildman–Crippen LogP) is 2.66. The van der Waals surface area contributed by atoms with Crippen molar-refractivity contribution >= 4 is 11.8 Å². The molecule has 46 valence electrons. The van der Waals surface area contributed by atoms with Crippen molar-refractivity contribution in [3.63, 3.8) is 0 Å². The van der Waals surface area contributed by atoms with Crippen LogP contribution in [0, 0.1) is 5.92 Å².